The van der Waals surface area contributed by atoms with Crippen LogP contribution in [0.25, 0.3) is 11.1 Å². The van der Waals surface area contributed by atoms with E-state index in [2.05, 4.69) is 0 Å². The van der Waals surface area contributed by atoms with Crippen molar-refractivity contribution < 1.29 is 19.8 Å². The fourth-order valence-electron chi connectivity index (χ4n) is 7.42. The van der Waals surface area contributed by atoms with E-state index in [1.165, 1.54) is 42.7 Å². The SMILES string of the molecule is CC(CC1CCCCC1)C(=O)N1CCC(O)(Cn2cc(C(=O)N3CCC(O)CC3)c(-c3ccccc3)cc2=O)C(C)(C)C1. The second-order valence-electron chi connectivity index (χ2n) is 14.0. The van der Waals surface area contributed by atoms with Gasteiger partial charge in [0.1, 0.15) is 0 Å². The van der Waals surface area contributed by atoms with Gasteiger partial charge in [-0.25, -0.2) is 0 Å². The van der Waals surface area contributed by atoms with E-state index < -0.39 is 17.1 Å². The summed E-state index contributed by atoms with van der Waals surface area (Å²) in [6, 6.07) is 10.9. The third-order valence-electron chi connectivity index (χ3n) is 10.4. The lowest BCUT2D eigenvalue weighted by Crippen LogP contribution is -2.61. The number of carbonyl (C=O) groups excluding carboxylic acids is 2. The van der Waals surface area contributed by atoms with E-state index in [1.54, 1.807) is 11.1 Å². The maximum absolute atomic E-state index is 13.8. The number of pyridine rings is 1. The summed E-state index contributed by atoms with van der Waals surface area (Å²) in [4.78, 5) is 44.4. The molecule has 1 aliphatic carbocycles. The number of benzene rings is 1. The first-order valence-corrected chi connectivity index (χ1v) is 16.3. The van der Waals surface area contributed by atoms with Gasteiger partial charge in [0.15, 0.2) is 0 Å². The normalized spacial score (nSPS) is 24.1. The van der Waals surface area contributed by atoms with E-state index in [9.17, 15) is 24.6 Å². The number of rotatable bonds is 7. The van der Waals surface area contributed by atoms with Crippen molar-refractivity contribution in [2.24, 2.45) is 17.3 Å². The van der Waals surface area contributed by atoms with Crippen molar-refractivity contribution in [1.82, 2.24) is 14.4 Å². The molecular formula is C35H49N3O5. The Kier molecular flexibility index (Phi) is 9.47. The molecule has 8 heteroatoms. The van der Waals surface area contributed by atoms with Gasteiger partial charge in [0.05, 0.1) is 23.8 Å². The minimum atomic E-state index is -1.25. The van der Waals surface area contributed by atoms with Gasteiger partial charge in [-0.05, 0) is 37.2 Å². The first-order chi connectivity index (χ1) is 20.5. The summed E-state index contributed by atoms with van der Waals surface area (Å²) in [5.41, 5.74) is -0.446. The molecule has 2 aromatic rings. The van der Waals surface area contributed by atoms with Crippen LogP contribution in [0.2, 0.25) is 0 Å². The van der Waals surface area contributed by atoms with Crippen molar-refractivity contribution in [3.63, 3.8) is 0 Å². The molecule has 2 unspecified atom stereocenters. The van der Waals surface area contributed by atoms with Crippen LogP contribution in [0.1, 0.15) is 88.9 Å². The van der Waals surface area contributed by atoms with E-state index >= 15 is 0 Å². The number of aromatic nitrogens is 1. The molecule has 2 amide bonds. The Hall–Kier alpha value is -2.97. The highest BCUT2D eigenvalue weighted by atomic mass is 16.3. The van der Waals surface area contributed by atoms with E-state index in [4.69, 9.17) is 0 Å². The lowest BCUT2D eigenvalue weighted by molar-refractivity contribution is -0.157. The van der Waals surface area contributed by atoms with Crippen molar-refractivity contribution >= 4 is 11.8 Å². The van der Waals surface area contributed by atoms with Crippen LogP contribution >= 0.6 is 0 Å². The van der Waals surface area contributed by atoms with Crippen LogP contribution in [0, 0.1) is 17.3 Å². The monoisotopic (exact) mass is 591 g/mol. The number of aliphatic hydroxyl groups is 2. The van der Waals surface area contributed by atoms with Crippen LogP contribution in [0.5, 0.6) is 0 Å². The Morgan fingerprint density at radius 3 is 2.30 bits per heavy atom. The molecule has 5 rings (SSSR count). The highest BCUT2D eigenvalue weighted by Gasteiger charge is 2.49. The van der Waals surface area contributed by atoms with E-state index in [0.29, 0.717) is 62.5 Å². The molecule has 234 valence electrons. The molecule has 1 aromatic heterocycles. The highest BCUT2D eigenvalue weighted by molar-refractivity contribution is 6.00. The van der Waals surface area contributed by atoms with Gasteiger partial charge in [-0.2, -0.15) is 0 Å². The Morgan fingerprint density at radius 1 is 0.977 bits per heavy atom. The lowest BCUT2D eigenvalue weighted by Gasteiger charge is -2.51. The molecule has 43 heavy (non-hydrogen) atoms. The van der Waals surface area contributed by atoms with Crippen molar-refractivity contribution in [2.45, 2.75) is 96.8 Å². The molecule has 2 N–H and O–H groups in total. The molecule has 0 spiro atoms. The van der Waals surface area contributed by atoms with Gasteiger partial charge < -0.3 is 24.6 Å². The Labute approximate surface area is 255 Å². The number of likely N-dealkylation sites (tertiary alicyclic amines) is 2. The standard InChI is InChI=1S/C35H49N3O5/c1-25(20-26-10-6-4-7-11-26)32(41)37-19-16-35(43,34(2,3)23-37)24-38-22-30(33(42)36-17-14-28(39)15-18-36)29(21-31(38)40)27-12-8-5-9-13-27/h5,8-9,12-13,21-22,25-26,28,39,43H,4,6-7,10-11,14-20,23-24H2,1-3H3. The Bertz CT molecular complexity index is 1340. The van der Waals surface area contributed by atoms with Crippen molar-refractivity contribution in [3.05, 3.63) is 58.5 Å². The minimum absolute atomic E-state index is 0.0343. The first kappa shape index (κ1) is 31.5. The van der Waals surface area contributed by atoms with Crippen LogP contribution in [0.3, 0.4) is 0 Å². The van der Waals surface area contributed by atoms with Gasteiger partial charge >= 0.3 is 0 Å². The fraction of sp³-hybridized carbons (Fsp3) is 0.629. The summed E-state index contributed by atoms with van der Waals surface area (Å²) in [7, 11) is 0. The fourth-order valence-corrected chi connectivity index (χ4v) is 7.42. The average molecular weight is 592 g/mol. The second kappa shape index (κ2) is 12.9. The summed E-state index contributed by atoms with van der Waals surface area (Å²) in [5.74, 6) is 0.561. The van der Waals surface area contributed by atoms with Crippen molar-refractivity contribution in [2.75, 3.05) is 26.2 Å². The van der Waals surface area contributed by atoms with Crippen molar-refractivity contribution in [3.8, 4) is 11.1 Å². The molecule has 8 nitrogen and oxygen atoms in total. The maximum atomic E-state index is 13.8. The number of piperidine rings is 2. The molecule has 3 aliphatic rings. The predicted octanol–water partition coefficient (Wildman–Crippen LogP) is 4.71. The van der Waals surface area contributed by atoms with Crippen LogP contribution in [0.15, 0.2) is 47.4 Å². The van der Waals surface area contributed by atoms with Crippen LogP contribution in [-0.4, -0.2) is 74.3 Å². The maximum Gasteiger partial charge on any atom is 0.255 e. The summed E-state index contributed by atoms with van der Waals surface area (Å²) < 4.78 is 1.48. The number of hydrogen-bond donors (Lipinski definition) is 2. The second-order valence-corrected chi connectivity index (χ2v) is 14.0. The zero-order chi connectivity index (χ0) is 30.8. The summed E-state index contributed by atoms with van der Waals surface area (Å²) in [5, 5.41) is 22.0. The molecule has 0 radical (unpaired) electrons. The van der Waals surface area contributed by atoms with Crippen LogP contribution in [-0.2, 0) is 11.3 Å². The van der Waals surface area contributed by atoms with Gasteiger partial charge in [0.25, 0.3) is 11.5 Å². The van der Waals surface area contributed by atoms with E-state index in [0.717, 1.165) is 12.0 Å². The Balaban J connectivity index is 1.37. The largest absolute Gasteiger partial charge is 0.393 e. The zero-order valence-electron chi connectivity index (χ0n) is 26.1. The molecule has 2 atom stereocenters. The van der Waals surface area contributed by atoms with E-state index in [1.807, 2.05) is 56.0 Å². The summed E-state index contributed by atoms with van der Waals surface area (Å²) in [6.45, 7) is 7.76. The number of carbonyl (C=O) groups is 2. The molecule has 2 aliphatic heterocycles. The molecule has 1 saturated carbocycles. The van der Waals surface area contributed by atoms with Crippen molar-refractivity contribution in [1.29, 1.82) is 0 Å². The third-order valence-corrected chi connectivity index (χ3v) is 10.4. The number of aliphatic hydroxyl groups excluding tert-OH is 1. The van der Waals surface area contributed by atoms with Gasteiger partial charge in [0, 0.05) is 55.3 Å². The topological polar surface area (TPSA) is 103 Å². The zero-order valence-corrected chi connectivity index (χ0v) is 26.1. The smallest absolute Gasteiger partial charge is 0.255 e. The highest BCUT2D eigenvalue weighted by Crippen LogP contribution is 2.41. The molecular weight excluding hydrogens is 542 g/mol. The summed E-state index contributed by atoms with van der Waals surface area (Å²) in [6.07, 6.45) is 9.77. The Morgan fingerprint density at radius 2 is 1.65 bits per heavy atom. The quantitative estimate of drug-likeness (QED) is 0.486. The van der Waals surface area contributed by atoms with Gasteiger partial charge in [-0.3, -0.25) is 14.4 Å². The summed E-state index contributed by atoms with van der Waals surface area (Å²) >= 11 is 0. The van der Waals surface area contributed by atoms with Crippen LogP contribution < -0.4 is 5.56 Å². The molecule has 0 bridgehead atoms. The molecule has 2 saturated heterocycles. The average Bonchev–Trinajstić information content (AvgIpc) is 3.00. The number of hydrogen-bond acceptors (Lipinski definition) is 5. The van der Waals surface area contributed by atoms with Gasteiger partial charge in [0.2, 0.25) is 5.91 Å². The molecule has 1 aromatic carbocycles. The molecule has 3 fully saturated rings. The van der Waals surface area contributed by atoms with Gasteiger partial charge in [-0.1, -0.05) is 83.2 Å². The molecule has 3 heterocycles. The number of nitrogens with zero attached hydrogens (tertiary/aromatic N) is 3. The lowest BCUT2D eigenvalue weighted by atomic mass is 9.69. The number of amides is 2. The third kappa shape index (κ3) is 6.91. The predicted molar refractivity (Wildman–Crippen MR) is 168 cm³/mol. The van der Waals surface area contributed by atoms with E-state index in [-0.39, 0.29) is 29.8 Å². The first-order valence-electron chi connectivity index (χ1n) is 16.3. The minimum Gasteiger partial charge on any atom is -0.393 e. The van der Waals surface area contributed by atoms with Crippen LogP contribution in [0.4, 0.5) is 0 Å². The van der Waals surface area contributed by atoms with Gasteiger partial charge in [-0.15, -0.1) is 0 Å².